The van der Waals surface area contributed by atoms with Gasteiger partial charge in [0.15, 0.2) is 0 Å². The summed E-state index contributed by atoms with van der Waals surface area (Å²) in [6, 6.07) is 0.200. The summed E-state index contributed by atoms with van der Waals surface area (Å²) in [7, 11) is 0. The molecule has 2 unspecified atom stereocenters. The molecule has 1 aliphatic heterocycles. The Hall–Kier alpha value is -1.43. The first-order valence-electron chi connectivity index (χ1n) is 9.82. The molecule has 2 atom stereocenters. The summed E-state index contributed by atoms with van der Waals surface area (Å²) in [4.78, 5) is 36.5. The van der Waals surface area contributed by atoms with Crippen LogP contribution >= 0.6 is 0 Å². The maximum Gasteiger partial charge on any atom is 0.311 e. The van der Waals surface area contributed by atoms with Gasteiger partial charge in [-0.1, -0.05) is 40.0 Å². The summed E-state index contributed by atoms with van der Waals surface area (Å²) in [5.41, 5.74) is -0.421. The molecule has 1 saturated heterocycles. The molecule has 2 fully saturated rings. The van der Waals surface area contributed by atoms with E-state index in [-0.39, 0.29) is 48.9 Å². The lowest BCUT2D eigenvalue weighted by Gasteiger charge is -2.29. The van der Waals surface area contributed by atoms with Gasteiger partial charge in [0.05, 0.1) is 12.0 Å². The maximum atomic E-state index is 11.9. The van der Waals surface area contributed by atoms with Crippen LogP contribution in [0.2, 0.25) is 0 Å². The first kappa shape index (κ1) is 22.6. The first-order chi connectivity index (χ1) is 12.2. The predicted octanol–water partition coefficient (Wildman–Crippen LogP) is 2.92. The van der Waals surface area contributed by atoms with Crippen LogP contribution in [-0.2, 0) is 19.1 Å². The van der Waals surface area contributed by atoms with Gasteiger partial charge < -0.3 is 9.84 Å². The highest BCUT2D eigenvalue weighted by Crippen LogP contribution is 2.32. The van der Waals surface area contributed by atoms with Crippen molar-refractivity contribution in [3.8, 4) is 0 Å². The van der Waals surface area contributed by atoms with E-state index in [2.05, 4.69) is 0 Å². The molecule has 1 heterocycles. The topological polar surface area (TPSA) is 83.9 Å². The van der Waals surface area contributed by atoms with Gasteiger partial charge in [-0.2, -0.15) is 0 Å². The molecule has 26 heavy (non-hydrogen) atoms. The number of hydrogen-bond acceptors (Lipinski definition) is 5. The Morgan fingerprint density at radius 3 is 2.04 bits per heavy atom. The van der Waals surface area contributed by atoms with Gasteiger partial charge in [0.2, 0.25) is 11.8 Å². The van der Waals surface area contributed by atoms with Crippen LogP contribution in [0.25, 0.3) is 0 Å². The predicted molar refractivity (Wildman–Crippen MR) is 99.2 cm³/mol. The molecule has 6 nitrogen and oxygen atoms in total. The van der Waals surface area contributed by atoms with E-state index in [0.717, 1.165) is 32.1 Å². The molecule has 6 heteroatoms. The van der Waals surface area contributed by atoms with Gasteiger partial charge in [0, 0.05) is 17.9 Å². The molecule has 2 amide bonds. The number of imide groups is 1. The van der Waals surface area contributed by atoms with Crippen LogP contribution < -0.4 is 0 Å². The van der Waals surface area contributed by atoms with E-state index in [0.29, 0.717) is 0 Å². The second-order valence-corrected chi connectivity index (χ2v) is 8.01. The van der Waals surface area contributed by atoms with Gasteiger partial charge in [-0.3, -0.25) is 19.3 Å². The highest BCUT2D eigenvalue weighted by molar-refractivity contribution is 6.05. The van der Waals surface area contributed by atoms with Crippen molar-refractivity contribution in [2.75, 3.05) is 13.2 Å². The zero-order valence-corrected chi connectivity index (χ0v) is 16.9. The van der Waals surface area contributed by atoms with Crippen molar-refractivity contribution < 1.29 is 24.2 Å². The molecule has 2 aliphatic rings. The van der Waals surface area contributed by atoms with Gasteiger partial charge in [0.1, 0.15) is 6.61 Å². The van der Waals surface area contributed by atoms with Crippen molar-refractivity contribution in [1.29, 1.82) is 0 Å². The zero-order chi connectivity index (χ0) is 19.9. The lowest BCUT2D eigenvalue weighted by Crippen LogP contribution is -2.41. The van der Waals surface area contributed by atoms with Crippen LogP contribution in [0.4, 0.5) is 0 Å². The fourth-order valence-corrected chi connectivity index (χ4v) is 3.15. The summed E-state index contributed by atoms with van der Waals surface area (Å²) in [5.74, 6) is -0.355. The molecule has 2 rings (SSSR count). The molecular weight excluding hydrogens is 334 g/mol. The quantitative estimate of drug-likeness (QED) is 0.595. The molecule has 1 N–H and O–H groups in total. The molecule has 0 spiro atoms. The largest absolute Gasteiger partial charge is 0.463 e. The van der Waals surface area contributed by atoms with Crippen molar-refractivity contribution in [1.82, 2.24) is 4.90 Å². The number of amides is 2. The SMILES string of the molecule is CC1C(=O)N(C2CCCCC2)C(=O)C1C.CCC(C)(C)C(=O)OCCO. The molecule has 0 bridgehead atoms. The van der Waals surface area contributed by atoms with Crippen LogP contribution in [0.5, 0.6) is 0 Å². The van der Waals surface area contributed by atoms with Crippen molar-refractivity contribution in [2.24, 2.45) is 17.3 Å². The van der Waals surface area contributed by atoms with Crippen LogP contribution in [0.1, 0.15) is 73.1 Å². The third-order valence-electron chi connectivity index (χ3n) is 5.70. The highest BCUT2D eigenvalue weighted by atomic mass is 16.5. The monoisotopic (exact) mass is 369 g/mol. The second kappa shape index (κ2) is 10.0. The molecule has 0 aromatic heterocycles. The average Bonchev–Trinajstić information content (AvgIpc) is 2.84. The number of rotatable bonds is 5. The fourth-order valence-electron chi connectivity index (χ4n) is 3.15. The summed E-state index contributed by atoms with van der Waals surface area (Å²) in [6.45, 7) is 9.31. The Morgan fingerprint density at radius 1 is 1.12 bits per heavy atom. The molecule has 1 aliphatic carbocycles. The third kappa shape index (κ3) is 5.53. The molecule has 0 aromatic rings. The van der Waals surface area contributed by atoms with E-state index >= 15 is 0 Å². The van der Waals surface area contributed by atoms with Gasteiger partial charge in [-0.25, -0.2) is 0 Å². The molecule has 1 saturated carbocycles. The number of nitrogens with zero attached hydrogens (tertiary/aromatic N) is 1. The molecule has 0 radical (unpaired) electrons. The van der Waals surface area contributed by atoms with Gasteiger partial charge >= 0.3 is 5.97 Å². The van der Waals surface area contributed by atoms with E-state index < -0.39 is 5.41 Å². The van der Waals surface area contributed by atoms with Crippen molar-refractivity contribution in [3.63, 3.8) is 0 Å². The number of carbonyl (C=O) groups excluding carboxylic acids is 3. The number of likely N-dealkylation sites (tertiary alicyclic amines) is 1. The number of ether oxygens (including phenoxy) is 1. The van der Waals surface area contributed by atoms with Crippen molar-refractivity contribution in [3.05, 3.63) is 0 Å². The Balaban J connectivity index is 0.000000276. The molecule has 150 valence electrons. The number of aliphatic hydroxyl groups excluding tert-OH is 1. The standard InChI is InChI=1S/C12H19NO2.C8H16O3/c1-8-9(2)12(15)13(11(8)14)10-6-4-3-5-7-10;1-4-8(2,3)7(10)11-6-5-9/h8-10H,3-7H2,1-2H3;9H,4-6H2,1-3H3. The summed E-state index contributed by atoms with van der Waals surface area (Å²) in [6.07, 6.45) is 6.33. The lowest BCUT2D eigenvalue weighted by molar-refractivity contribution is -0.155. The summed E-state index contributed by atoms with van der Waals surface area (Å²) >= 11 is 0. The van der Waals surface area contributed by atoms with Gasteiger partial charge in [-0.15, -0.1) is 0 Å². The van der Waals surface area contributed by atoms with E-state index in [1.54, 1.807) is 4.90 Å². The van der Waals surface area contributed by atoms with Crippen molar-refractivity contribution in [2.45, 2.75) is 79.2 Å². The van der Waals surface area contributed by atoms with Crippen LogP contribution in [-0.4, -0.2) is 47.0 Å². The minimum Gasteiger partial charge on any atom is -0.463 e. The van der Waals surface area contributed by atoms with Crippen molar-refractivity contribution >= 4 is 17.8 Å². The summed E-state index contributed by atoms with van der Waals surface area (Å²) < 4.78 is 4.76. The van der Waals surface area contributed by atoms with Gasteiger partial charge in [0.25, 0.3) is 0 Å². The highest BCUT2D eigenvalue weighted by Gasteiger charge is 2.45. The number of carbonyl (C=O) groups is 3. The molecular formula is C20H35NO5. The fraction of sp³-hybridized carbons (Fsp3) is 0.850. The molecule has 0 aromatic carbocycles. The Labute approximate surface area is 157 Å². The minimum absolute atomic E-state index is 0.0550. The Morgan fingerprint density at radius 2 is 1.62 bits per heavy atom. The average molecular weight is 370 g/mol. The smallest absolute Gasteiger partial charge is 0.311 e. The Kier molecular flexibility index (Phi) is 8.74. The second-order valence-electron chi connectivity index (χ2n) is 8.01. The van der Waals surface area contributed by atoms with Crippen LogP contribution in [0, 0.1) is 17.3 Å². The maximum absolute atomic E-state index is 11.9. The van der Waals surface area contributed by atoms with E-state index in [1.165, 1.54) is 6.42 Å². The summed E-state index contributed by atoms with van der Waals surface area (Å²) in [5, 5.41) is 8.38. The Bertz CT molecular complexity index is 476. The first-order valence-corrected chi connectivity index (χ1v) is 9.82. The van der Waals surface area contributed by atoms with E-state index in [1.807, 2.05) is 34.6 Å². The number of aliphatic hydroxyl groups is 1. The van der Waals surface area contributed by atoms with Crippen LogP contribution in [0.15, 0.2) is 0 Å². The minimum atomic E-state index is -0.421. The number of esters is 1. The third-order valence-corrected chi connectivity index (χ3v) is 5.70. The normalized spacial score (nSPS) is 24.3. The lowest BCUT2D eigenvalue weighted by atomic mass is 9.91. The van der Waals surface area contributed by atoms with E-state index in [9.17, 15) is 14.4 Å². The zero-order valence-electron chi connectivity index (χ0n) is 16.9. The number of hydrogen-bond donors (Lipinski definition) is 1. The van der Waals surface area contributed by atoms with E-state index in [4.69, 9.17) is 9.84 Å². The van der Waals surface area contributed by atoms with Crippen LogP contribution in [0.3, 0.4) is 0 Å². The van der Waals surface area contributed by atoms with Gasteiger partial charge in [-0.05, 0) is 33.1 Å².